The Morgan fingerprint density at radius 3 is 0.614 bits per heavy atom. The lowest BCUT2D eigenvalue weighted by atomic mass is 10.0. The van der Waals surface area contributed by atoms with E-state index in [0.717, 1.165) is 12.8 Å². The van der Waals surface area contributed by atoms with Crippen LogP contribution in [0.1, 0.15) is 316 Å². The molecule has 0 aliphatic carbocycles. The average Bonchev–Trinajstić information content (AvgIpc) is 3.19. The summed E-state index contributed by atoms with van der Waals surface area (Å²) in [5, 5.41) is 10.2. The fourth-order valence-electron chi connectivity index (χ4n) is 8.57. The van der Waals surface area contributed by atoms with Gasteiger partial charge in [0.1, 0.15) is 0 Å². The van der Waals surface area contributed by atoms with Gasteiger partial charge in [0.2, 0.25) is 0 Å². The van der Waals surface area contributed by atoms with E-state index in [4.69, 9.17) is 0 Å². The van der Waals surface area contributed by atoms with Crippen molar-refractivity contribution in [2.75, 3.05) is 27.2 Å². The summed E-state index contributed by atoms with van der Waals surface area (Å²) in [6, 6.07) is 0. The number of carboxylic acids is 1. The molecule has 344 valence electrons. The molecular formula is C54H111NO2. The molecule has 3 nitrogen and oxygen atoms in total. The highest BCUT2D eigenvalue weighted by Crippen LogP contribution is 2.17. The fraction of sp³-hybridized carbons (Fsp3) is 0.981. The van der Waals surface area contributed by atoms with Crippen LogP contribution in [0.25, 0.3) is 0 Å². The maximum atomic E-state index is 10.2. The van der Waals surface area contributed by atoms with E-state index in [1.165, 1.54) is 294 Å². The number of hydrogen-bond donors (Lipinski definition) is 0. The van der Waals surface area contributed by atoms with Gasteiger partial charge in [-0.2, -0.15) is 0 Å². The van der Waals surface area contributed by atoms with Crippen LogP contribution in [0.3, 0.4) is 0 Å². The summed E-state index contributed by atoms with van der Waals surface area (Å²) < 4.78 is 1.25. The Kier molecular flexibility index (Phi) is 52.9. The lowest BCUT2D eigenvalue weighted by Crippen LogP contribution is -2.41. The van der Waals surface area contributed by atoms with Crippen molar-refractivity contribution in [3.63, 3.8) is 0 Å². The van der Waals surface area contributed by atoms with Crippen molar-refractivity contribution in [3.8, 4) is 0 Å². The molecule has 0 bridgehead atoms. The van der Waals surface area contributed by atoms with Crippen molar-refractivity contribution < 1.29 is 14.4 Å². The number of carbonyl (C=O) groups excluding carboxylic acids is 1. The van der Waals surface area contributed by atoms with E-state index in [1.807, 2.05) is 0 Å². The van der Waals surface area contributed by atoms with Gasteiger partial charge in [0, 0.05) is 5.97 Å². The highest BCUT2D eigenvalue weighted by molar-refractivity contribution is 5.64. The van der Waals surface area contributed by atoms with Crippen LogP contribution in [0, 0.1) is 0 Å². The minimum absolute atomic E-state index is 0.234. The lowest BCUT2D eigenvalue weighted by Gasteiger charge is -2.30. The third-order valence-electron chi connectivity index (χ3n) is 12.7. The molecule has 0 spiro atoms. The molecule has 57 heavy (non-hydrogen) atoms. The van der Waals surface area contributed by atoms with Crippen LogP contribution < -0.4 is 5.11 Å². The van der Waals surface area contributed by atoms with E-state index in [1.54, 1.807) is 0 Å². The zero-order valence-corrected chi connectivity index (χ0v) is 40.7. The quantitative estimate of drug-likeness (QED) is 0.0454. The Hall–Kier alpha value is -0.570. The summed E-state index contributed by atoms with van der Waals surface area (Å²) in [6.07, 6.45) is 63.9. The Morgan fingerprint density at radius 1 is 0.281 bits per heavy atom. The van der Waals surface area contributed by atoms with Crippen molar-refractivity contribution >= 4 is 5.97 Å². The monoisotopic (exact) mass is 806 g/mol. The Morgan fingerprint density at radius 2 is 0.439 bits per heavy atom. The summed E-state index contributed by atoms with van der Waals surface area (Å²) in [7, 11) is 4.94. The number of carboxylic acid groups (broad SMARTS) is 1. The number of rotatable bonds is 48. The van der Waals surface area contributed by atoms with Gasteiger partial charge in [0.25, 0.3) is 0 Å². The second kappa shape index (κ2) is 51.6. The normalized spacial score (nSPS) is 11.6. The topological polar surface area (TPSA) is 40.1 Å². The van der Waals surface area contributed by atoms with Crippen molar-refractivity contribution in [2.24, 2.45) is 0 Å². The van der Waals surface area contributed by atoms with Gasteiger partial charge in [-0.25, -0.2) is 0 Å². The molecule has 0 aliphatic rings. The van der Waals surface area contributed by atoms with Crippen LogP contribution >= 0.6 is 0 Å². The maximum absolute atomic E-state index is 10.2. The molecule has 0 saturated heterocycles. The van der Waals surface area contributed by atoms with Gasteiger partial charge in [0.15, 0.2) is 0 Å². The van der Waals surface area contributed by atoms with E-state index in [-0.39, 0.29) is 6.42 Å². The molecular weight excluding hydrogens is 695 g/mol. The van der Waals surface area contributed by atoms with Crippen LogP contribution in [0.15, 0.2) is 0 Å². The van der Waals surface area contributed by atoms with Crippen LogP contribution in [-0.2, 0) is 4.79 Å². The Balaban J connectivity index is 0. The first-order valence-electron chi connectivity index (χ1n) is 26.9. The van der Waals surface area contributed by atoms with E-state index < -0.39 is 5.97 Å². The summed E-state index contributed by atoms with van der Waals surface area (Å²) >= 11 is 0. The van der Waals surface area contributed by atoms with Gasteiger partial charge >= 0.3 is 0 Å². The minimum atomic E-state index is -0.905. The molecule has 0 heterocycles. The number of nitrogens with zero attached hydrogens (tertiary/aromatic N) is 1. The van der Waals surface area contributed by atoms with Crippen molar-refractivity contribution in [1.29, 1.82) is 0 Å². The van der Waals surface area contributed by atoms with Crippen LogP contribution in [0.5, 0.6) is 0 Å². The van der Waals surface area contributed by atoms with Crippen LogP contribution in [-0.4, -0.2) is 37.6 Å². The molecule has 0 aromatic carbocycles. The molecule has 0 atom stereocenters. The largest absolute Gasteiger partial charge is 0.550 e. The average molecular weight is 806 g/mol. The van der Waals surface area contributed by atoms with E-state index in [0.29, 0.717) is 0 Å². The van der Waals surface area contributed by atoms with E-state index in [2.05, 4.69) is 34.9 Å². The SMILES string of the molecule is CCCCCCCCCCCCCCCC(=O)[O-].CCCCCCCCCCCCCCCCCC[N+](C)(C)CCCCCCCCCCCCCCCCCC. The molecule has 3 heteroatoms. The molecule has 0 rings (SSSR count). The van der Waals surface area contributed by atoms with Crippen molar-refractivity contribution in [2.45, 2.75) is 316 Å². The zero-order chi connectivity index (χ0) is 42.0. The second-order valence-corrected chi connectivity index (χ2v) is 19.4. The first-order valence-corrected chi connectivity index (χ1v) is 26.9. The van der Waals surface area contributed by atoms with Gasteiger partial charge in [-0.05, 0) is 38.5 Å². The maximum Gasteiger partial charge on any atom is 0.0782 e. The third-order valence-corrected chi connectivity index (χ3v) is 12.7. The third kappa shape index (κ3) is 57.6. The highest BCUT2D eigenvalue weighted by Gasteiger charge is 2.13. The lowest BCUT2D eigenvalue weighted by molar-refractivity contribution is -0.890. The zero-order valence-electron chi connectivity index (χ0n) is 40.7. The van der Waals surface area contributed by atoms with E-state index >= 15 is 0 Å². The predicted octanol–water partition coefficient (Wildman–Crippen LogP) is 17.8. The molecule has 0 radical (unpaired) electrons. The molecule has 0 N–H and O–H groups in total. The molecule has 0 aliphatic heterocycles. The van der Waals surface area contributed by atoms with Gasteiger partial charge in [0.05, 0.1) is 27.2 Å². The van der Waals surface area contributed by atoms with Crippen molar-refractivity contribution in [1.82, 2.24) is 0 Å². The highest BCUT2D eigenvalue weighted by atomic mass is 16.4. The van der Waals surface area contributed by atoms with Crippen LogP contribution in [0.4, 0.5) is 0 Å². The molecule has 0 unspecified atom stereocenters. The number of quaternary nitrogens is 1. The number of hydrogen-bond acceptors (Lipinski definition) is 2. The van der Waals surface area contributed by atoms with Gasteiger partial charge < -0.3 is 14.4 Å². The van der Waals surface area contributed by atoms with Crippen LogP contribution in [0.2, 0.25) is 0 Å². The number of unbranched alkanes of at least 4 members (excludes halogenated alkanes) is 42. The Labute approximate surface area is 362 Å². The number of carbonyl (C=O) groups is 1. The summed E-state index contributed by atoms with van der Waals surface area (Å²) in [6.45, 7) is 9.65. The van der Waals surface area contributed by atoms with Gasteiger partial charge in [-0.3, -0.25) is 0 Å². The fourth-order valence-corrected chi connectivity index (χ4v) is 8.57. The molecule has 0 saturated carbocycles. The molecule has 0 amide bonds. The van der Waals surface area contributed by atoms with E-state index in [9.17, 15) is 9.90 Å². The molecule has 0 fully saturated rings. The van der Waals surface area contributed by atoms with Gasteiger partial charge in [-0.1, -0.05) is 278 Å². The summed E-state index contributed by atoms with van der Waals surface area (Å²) in [5.74, 6) is -0.905. The van der Waals surface area contributed by atoms with Gasteiger partial charge in [-0.15, -0.1) is 0 Å². The Bertz CT molecular complexity index is 683. The standard InChI is InChI=1S/C38H80N.C16H32O2/c1-5-7-9-11-13-15-17-19-21-23-25-27-29-31-33-35-37-39(3,4)38-36-34-32-30-28-26-24-22-20-18-16-14-12-10-8-6-2;1-2-3-4-5-6-7-8-9-10-11-12-13-14-15-16(17)18/h5-38H2,1-4H3;2-15H2,1H3,(H,17,18)/q+1;/p-1. The summed E-state index contributed by atoms with van der Waals surface area (Å²) in [5.41, 5.74) is 0. The number of aliphatic carboxylic acids is 1. The molecule has 0 aromatic rings. The first-order chi connectivity index (χ1) is 27.9. The predicted molar refractivity (Wildman–Crippen MR) is 256 cm³/mol. The first kappa shape index (κ1) is 58.5. The van der Waals surface area contributed by atoms with Crippen molar-refractivity contribution in [3.05, 3.63) is 0 Å². The summed E-state index contributed by atoms with van der Waals surface area (Å²) in [4.78, 5) is 10.2. The molecule has 0 aromatic heterocycles. The second-order valence-electron chi connectivity index (χ2n) is 19.4. The minimum Gasteiger partial charge on any atom is -0.550 e. The smallest absolute Gasteiger partial charge is 0.0782 e.